The first-order valence-corrected chi connectivity index (χ1v) is 5.75. The summed E-state index contributed by atoms with van der Waals surface area (Å²) >= 11 is 0. The van der Waals surface area contributed by atoms with Crippen LogP contribution in [-0.2, 0) is 0 Å². The Labute approximate surface area is 106 Å². The van der Waals surface area contributed by atoms with Gasteiger partial charge < -0.3 is 14.9 Å². The molecule has 0 bridgehead atoms. The van der Waals surface area contributed by atoms with Crippen molar-refractivity contribution in [1.82, 2.24) is 0 Å². The molecule has 0 aromatic heterocycles. The first-order valence-electron chi connectivity index (χ1n) is 5.75. The summed E-state index contributed by atoms with van der Waals surface area (Å²) in [5.74, 6) is 0.581. The van der Waals surface area contributed by atoms with Crippen LogP contribution in [0, 0.1) is 0 Å². The minimum Gasteiger partial charge on any atom is -0.482 e. The molecule has 2 N–H and O–H groups in total. The molecule has 18 heavy (non-hydrogen) atoms. The molecule has 0 saturated carbocycles. The molecule has 0 radical (unpaired) electrons. The molecule has 0 spiro atoms. The lowest BCUT2D eigenvalue weighted by Gasteiger charge is -2.34. The SMILES string of the molecule is C=C/C=C(\C=C)C1Oc2ccccc2C(O)C1O. The fourth-order valence-electron chi connectivity index (χ4n) is 2.07. The number of aliphatic hydroxyl groups excluding tert-OH is 2. The molecule has 94 valence electrons. The van der Waals surface area contributed by atoms with Gasteiger partial charge in [0.2, 0.25) is 0 Å². The summed E-state index contributed by atoms with van der Waals surface area (Å²) in [5, 5.41) is 20.2. The van der Waals surface area contributed by atoms with Gasteiger partial charge in [0.1, 0.15) is 18.0 Å². The molecule has 0 amide bonds. The number of fused-ring (bicyclic) bond motifs is 1. The standard InChI is InChI=1S/C15H16O3/c1-3-7-10(4-2)15-14(17)13(16)11-8-5-6-9-12(11)18-15/h3-9,13-17H,1-2H2/b10-7+. The predicted molar refractivity (Wildman–Crippen MR) is 70.3 cm³/mol. The van der Waals surface area contributed by atoms with E-state index in [4.69, 9.17) is 4.74 Å². The molecule has 1 heterocycles. The Morgan fingerprint density at radius 2 is 1.94 bits per heavy atom. The Morgan fingerprint density at radius 3 is 2.61 bits per heavy atom. The maximum Gasteiger partial charge on any atom is 0.152 e. The highest BCUT2D eigenvalue weighted by atomic mass is 16.5. The number of benzene rings is 1. The van der Waals surface area contributed by atoms with Crippen LogP contribution in [-0.4, -0.2) is 22.4 Å². The summed E-state index contributed by atoms with van der Waals surface area (Å²) in [5.41, 5.74) is 1.29. The molecule has 1 aromatic rings. The highest BCUT2D eigenvalue weighted by molar-refractivity contribution is 5.41. The zero-order valence-corrected chi connectivity index (χ0v) is 9.99. The molecule has 1 aliphatic rings. The summed E-state index contributed by atoms with van der Waals surface area (Å²) in [6, 6.07) is 7.13. The number of para-hydroxylation sites is 1. The first-order chi connectivity index (χ1) is 8.69. The van der Waals surface area contributed by atoms with Gasteiger partial charge in [-0.15, -0.1) is 0 Å². The van der Waals surface area contributed by atoms with Gasteiger partial charge in [-0.3, -0.25) is 0 Å². The van der Waals surface area contributed by atoms with Gasteiger partial charge in [0.05, 0.1) is 0 Å². The van der Waals surface area contributed by atoms with Crippen LogP contribution in [0.2, 0.25) is 0 Å². The van der Waals surface area contributed by atoms with E-state index in [2.05, 4.69) is 13.2 Å². The number of hydrogen-bond acceptors (Lipinski definition) is 3. The van der Waals surface area contributed by atoms with Crippen LogP contribution in [0.15, 0.2) is 61.2 Å². The highest BCUT2D eigenvalue weighted by Crippen LogP contribution is 2.36. The van der Waals surface area contributed by atoms with E-state index in [-0.39, 0.29) is 0 Å². The van der Waals surface area contributed by atoms with E-state index in [1.54, 1.807) is 36.4 Å². The zero-order valence-electron chi connectivity index (χ0n) is 9.99. The molecule has 0 saturated heterocycles. The third-order valence-corrected chi connectivity index (χ3v) is 3.00. The summed E-state index contributed by atoms with van der Waals surface area (Å²) in [6.45, 7) is 7.29. The van der Waals surface area contributed by atoms with Crippen molar-refractivity contribution in [2.45, 2.75) is 18.3 Å². The topological polar surface area (TPSA) is 49.7 Å². The van der Waals surface area contributed by atoms with Crippen LogP contribution in [0.1, 0.15) is 11.7 Å². The van der Waals surface area contributed by atoms with Crippen molar-refractivity contribution in [3.63, 3.8) is 0 Å². The second-order valence-corrected chi connectivity index (χ2v) is 4.12. The Morgan fingerprint density at radius 1 is 1.22 bits per heavy atom. The molecule has 3 unspecified atom stereocenters. The molecule has 3 atom stereocenters. The highest BCUT2D eigenvalue weighted by Gasteiger charge is 2.36. The van der Waals surface area contributed by atoms with Crippen molar-refractivity contribution < 1.29 is 14.9 Å². The van der Waals surface area contributed by atoms with Gasteiger partial charge in [0.15, 0.2) is 6.10 Å². The third-order valence-electron chi connectivity index (χ3n) is 3.00. The quantitative estimate of drug-likeness (QED) is 0.801. The second kappa shape index (κ2) is 5.21. The van der Waals surface area contributed by atoms with Gasteiger partial charge in [-0.05, 0) is 11.6 Å². The third kappa shape index (κ3) is 2.10. The Bertz CT molecular complexity index is 490. The van der Waals surface area contributed by atoms with E-state index in [9.17, 15) is 10.2 Å². The van der Waals surface area contributed by atoms with E-state index < -0.39 is 18.3 Å². The summed E-state index contributed by atoms with van der Waals surface area (Å²) in [4.78, 5) is 0. The average Bonchev–Trinajstić information content (AvgIpc) is 2.40. The molecule has 0 fully saturated rings. The van der Waals surface area contributed by atoms with Crippen LogP contribution < -0.4 is 4.74 Å². The molecule has 2 rings (SSSR count). The second-order valence-electron chi connectivity index (χ2n) is 4.12. The van der Waals surface area contributed by atoms with Crippen molar-refractivity contribution in [2.24, 2.45) is 0 Å². The molecular weight excluding hydrogens is 228 g/mol. The monoisotopic (exact) mass is 244 g/mol. The summed E-state index contributed by atoms with van der Waals surface area (Å²) in [6.07, 6.45) is 2.28. The predicted octanol–water partition coefficient (Wildman–Crippen LogP) is 2.14. The van der Waals surface area contributed by atoms with Gasteiger partial charge in [0, 0.05) is 5.56 Å². The molecular formula is C15H16O3. The van der Waals surface area contributed by atoms with Gasteiger partial charge in [-0.25, -0.2) is 0 Å². The van der Waals surface area contributed by atoms with Gasteiger partial charge in [0.25, 0.3) is 0 Å². The lowest BCUT2D eigenvalue weighted by Crippen LogP contribution is -2.41. The van der Waals surface area contributed by atoms with E-state index in [0.717, 1.165) is 0 Å². The average molecular weight is 244 g/mol. The fourth-order valence-corrected chi connectivity index (χ4v) is 2.07. The zero-order chi connectivity index (χ0) is 13.1. The minimum absolute atomic E-state index is 0.581. The molecule has 1 aliphatic heterocycles. The van der Waals surface area contributed by atoms with E-state index in [1.807, 2.05) is 6.07 Å². The smallest absolute Gasteiger partial charge is 0.152 e. The van der Waals surface area contributed by atoms with Crippen LogP contribution in [0.5, 0.6) is 5.75 Å². The minimum atomic E-state index is -1.02. The normalized spacial score (nSPS) is 27.0. The molecule has 3 heteroatoms. The maximum absolute atomic E-state index is 10.1. The van der Waals surface area contributed by atoms with E-state index >= 15 is 0 Å². The van der Waals surface area contributed by atoms with E-state index in [0.29, 0.717) is 16.9 Å². The van der Waals surface area contributed by atoms with Gasteiger partial charge >= 0.3 is 0 Å². The lowest BCUT2D eigenvalue weighted by molar-refractivity contribution is -0.0542. The maximum atomic E-state index is 10.1. The Kier molecular flexibility index (Phi) is 3.65. The number of hydrogen-bond donors (Lipinski definition) is 2. The summed E-state index contributed by atoms with van der Waals surface area (Å²) in [7, 11) is 0. The lowest BCUT2D eigenvalue weighted by atomic mass is 9.92. The Hall–Kier alpha value is -1.84. The molecule has 0 aliphatic carbocycles. The van der Waals surface area contributed by atoms with Crippen molar-refractivity contribution in [3.8, 4) is 5.75 Å². The first kappa shape index (κ1) is 12.6. The largest absolute Gasteiger partial charge is 0.482 e. The van der Waals surface area contributed by atoms with Crippen molar-refractivity contribution in [3.05, 3.63) is 66.8 Å². The molecule has 1 aromatic carbocycles. The van der Waals surface area contributed by atoms with Crippen molar-refractivity contribution in [2.75, 3.05) is 0 Å². The van der Waals surface area contributed by atoms with E-state index in [1.165, 1.54) is 0 Å². The van der Waals surface area contributed by atoms with Crippen molar-refractivity contribution >= 4 is 0 Å². The number of ether oxygens (including phenoxy) is 1. The van der Waals surface area contributed by atoms with Crippen LogP contribution in [0.3, 0.4) is 0 Å². The van der Waals surface area contributed by atoms with Crippen LogP contribution >= 0.6 is 0 Å². The number of aliphatic hydroxyl groups is 2. The fraction of sp³-hybridized carbons (Fsp3) is 0.200. The summed E-state index contributed by atoms with van der Waals surface area (Å²) < 4.78 is 5.72. The number of rotatable bonds is 3. The van der Waals surface area contributed by atoms with Crippen molar-refractivity contribution in [1.29, 1.82) is 0 Å². The molecule has 3 nitrogen and oxygen atoms in total. The van der Waals surface area contributed by atoms with Crippen LogP contribution in [0.4, 0.5) is 0 Å². The van der Waals surface area contributed by atoms with Gasteiger partial charge in [-0.1, -0.05) is 49.6 Å². The van der Waals surface area contributed by atoms with Crippen LogP contribution in [0.25, 0.3) is 0 Å². The number of allylic oxidation sites excluding steroid dienone is 2. The Balaban J connectivity index is 2.40. The van der Waals surface area contributed by atoms with Gasteiger partial charge in [-0.2, -0.15) is 0 Å².